The van der Waals surface area contributed by atoms with Crippen LogP contribution in [0.3, 0.4) is 0 Å². The number of nitrogens with zero attached hydrogens (tertiary/aromatic N) is 3. The highest BCUT2D eigenvalue weighted by Crippen LogP contribution is 2.31. The van der Waals surface area contributed by atoms with Crippen LogP contribution in [0.15, 0.2) is 35.1 Å². The fraction of sp³-hybridized carbons (Fsp3) is 0.389. The van der Waals surface area contributed by atoms with Gasteiger partial charge in [-0.1, -0.05) is 19.1 Å². The minimum Gasteiger partial charge on any atom is -0.393 e. The van der Waals surface area contributed by atoms with E-state index in [0.29, 0.717) is 23.1 Å². The summed E-state index contributed by atoms with van der Waals surface area (Å²) in [4.78, 5) is 23.2. The Kier molecular flexibility index (Phi) is 5.92. The maximum Gasteiger partial charge on any atom is 0.270 e. The zero-order valence-corrected chi connectivity index (χ0v) is 16.3. The molecular formula is C18H23BrN6O. The summed E-state index contributed by atoms with van der Waals surface area (Å²) < 4.78 is 0.717. The number of piperidine rings is 1. The van der Waals surface area contributed by atoms with Crippen LogP contribution in [0.4, 0.5) is 17.3 Å². The number of hydrogen-bond donors (Lipinski definition) is 3. The topological polar surface area (TPSA) is 96.2 Å². The molecule has 0 bridgehead atoms. The molecule has 0 spiro atoms. The average Bonchev–Trinajstić information content (AvgIpc) is 2.67. The van der Waals surface area contributed by atoms with Gasteiger partial charge in [0.15, 0.2) is 11.6 Å². The summed E-state index contributed by atoms with van der Waals surface area (Å²) in [7, 11) is 0. The molecule has 0 saturated carbocycles. The minimum atomic E-state index is -0.276. The van der Waals surface area contributed by atoms with Crippen LogP contribution in [0.2, 0.25) is 0 Å². The van der Waals surface area contributed by atoms with Gasteiger partial charge >= 0.3 is 0 Å². The number of carbonyl (C=O) groups excluding carboxylic acids is 1. The first-order chi connectivity index (χ1) is 12.6. The van der Waals surface area contributed by atoms with Gasteiger partial charge < -0.3 is 10.6 Å². The maximum atomic E-state index is 12.3. The summed E-state index contributed by atoms with van der Waals surface area (Å²) in [5, 5.41) is 0. The minimum absolute atomic E-state index is 0.276. The molecular weight excluding hydrogens is 396 g/mol. The number of halogens is 1. The second kappa shape index (κ2) is 8.35. The van der Waals surface area contributed by atoms with E-state index in [4.69, 9.17) is 5.73 Å². The predicted molar refractivity (Wildman–Crippen MR) is 107 cm³/mol. The zero-order chi connectivity index (χ0) is 18.5. The fourth-order valence-electron chi connectivity index (χ4n) is 3.25. The van der Waals surface area contributed by atoms with Gasteiger partial charge in [-0.3, -0.25) is 15.6 Å². The third-order valence-corrected chi connectivity index (χ3v) is 5.34. The van der Waals surface area contributed by atoms with E-state index in [1.807, 2.05) is 12.1 Å². The summed E-state index contributed by atoms with van der Waals surface area (Å²) >= 11 is 3.37. The van der Waals surface area contributed by atoms with Gasteiger partial charge in [-0.2, -0.15) is 0 Å². The molecule has 0 aliphatic carbocycles. The Bertz CT molecular complexity index is 784. The second-order valence-corrected chi connectivity index (χ2v) is 7.12. The van der Waals surface area contributed by atoms with Crippen LogP contribution in [0, 0.1) is 0 Å². The molecule has 26 heavy (non-hydrogen) atoms. The van der Waals surface area contributed by atoms with E-state index in [2.05, 4.69) is 48.6 Å². The molecule has 138 valence electrons. The van der Waals surface area contributed by atoms with Gasteiger partial charge in [0.05, 0.1) is 5.56 Å². The summed E-state index contributed by atoms with van der Waals surface area (Å²) in [6.07, 6.45) is 6.01. The molecule has 1 saturated heterocycles. The summed E-state index contributed by atoms with van der Waals surface area (Å²) in [5.41, 5.74) is 12.7. The highest BCUT2D eigenvalue weighted by atomic mass is 79.9. The van der Waals surface area contributed by atoms with Gasteiger partial charge in [0.1, 0.15) is 12.0 Å². The van der Waals surface area contributed by atoms with Crippen LogP contribution < -0.4 is 21.5 Å². The van der Waals surface area contributed by atoms with Gasteiger partial charge in [-0.15, -0.1) is 0 Å². The number of nitrogens with one attached hydrogen (secondary N) is 2. The van der Waals surface area contributed by atoms with E-state index in [0.717, 1.165) is 36.1 Å². The molecule has 2 aromatic rings. The number of carbonyl (C=O) groups is 1. The number of hydrazine groups is 1. The van der Waals surface area contributed by atoms with Crippen LogP contribution in [0.1, 0.15) is 43.0 Å². The van der Waals surface area contributed by atoms with E-state index in [1.54, 1.807) is 12.1 Å². The molecule has 1 aromatic carbocycles. The molecule has 1 aromatic heterocycles. The maximum absolute atomic E-state index is 12.3. The Morgan fingerprint density at radius 2 is 2.15 bits per heavy atom. The smallest absolute Gasteiger partial charge is 0.270 e. The van der Waals surface area contributed by atoms with E-state index in [1.165, 1.54) is 12.7 Å². The van der Waals surface area contributed by atoms with Gasteiger partial charge in [0.2, 0.25) is 0 Å². The molecule has 7 nitrogen and oxygen atoms in total. The van der Waals surface area contributed by atoms with Crippen molar-refractivity contribution in [3.8, 4) is 0 Å². The molecule has 1 aliphatic heterocycles. The third-order valence-electron chi connectivity index (χ3n) is 4.65. The molecule has 1 unspecified atom stereocenters. The lowest BCUT2D eigenvalue weighted by Crippen LogP contribution is -2.40. The van der Waals surface area contributed by atoms with Crippen molar-refractivity contribution in [3.63, 3.8) is 0 Å². The Morgan fingerprint density at radius 1 is 1.35 bits per heavy atom. The largest absolute Gasteiger partial charge is 0.393 e. The van der Waals surface area contributed by atoms with Gasteiger partial charge in [0.25, 0.3) is 5.91 Å². The first-order valence-corrected chi connectivity index (χ1v) is 9.59. The summed E-state index contributed by atoms with van der Waals surface area (Å²) in [6, 6.07) is 7.63. The first kappa shape index (κ1) is 18.4. The quantitative estimate of drug-likeness (QED) is 0.644. The Balaban J connectivity index is 1.75. The molecule has 1 aliphatic rings. The highest BCUT2D eigenvalue weighted by Gasteiger charge is 2.25. The number of rotatable bonds is 5. The van der Waals surface area contributed by atoms with E-state index in [-0.39, 0.29) is 5.91 Å². The Morgan fingerprint density at radius 3 is 2.92 bits per heavy atom. The number of benzene rings is 1. The number of amides is 1. The third kappa shape index (κ3) is 3.90. The molecule has 4 N–H and O–H groups in total. The second-order valence-electron chi connectivity index (χ2n) is 6.27. The Hall–Kier alpha value is -2.35. The van der Waals surface area contributed by atoms with Crippen molar-refractivity contribution in [1.29, 1.82) is 0 Å². The van der Waals surface area contributed by atoms with Crippen LogP contribution in [-0.4, -0.2) is 28.5 Å². The number of anilines is 3. The Labute approximate surface area is 161 Å². The lowest BCUT2D eigenvalue weighted by atomic mass is 10.00. The molecule has 1 amide bonds. The van der Waals surface area contributed by atoms with Crippen molar-refractivity contribution in [2.24, 2.45) is 0 Å². The molecule has 3 rings (SSSR count). The van der Waals surface area contributed by atoms with Crippen molar-refractivity contribution in [2.45, 2.75) is 38.6 Å². The molecule has 0 radical (unpaired) electrons. The lowest BCUT2D eigenvalue weighted by molar-refractivity contribution is 0.0961. The standard InChI is InChI=1S/C18H23BrN6O/c1-2-12-7-5-6-10-25(12)17-15(20)16(21-11-22-17)23-24-18(26)13-8-3-4-9-14(13)19/h3-4,8-9,11-12H,2,5-7,10,20H2,1H3,(H,24,26)(H,21,22,23). The SMILES string of the molecule is CCC1CCCCN1c1ncnc(NNC(=O)c2ccccc2Br)c1N. The summed E-state index contributed by atoms with van der Waals surface area (Å²) in [6.45, 7) is 3.11. The number of aromatic nitrogens is 2. The van der Waals surface area contributed by atoms with Crippen molar-refractivity contribution in [2.75, 3.05) is 22.6 Å². The molecule has 1 fully saturated rings. The summed E-state index contributed by atoms with van der Waals surface area (Å²) in [5.74, 6) is 0.849. The van der Waals surface area contributed by atoms with E-state index in [9.17, 15) is 4.79 Å². The zero-order valence-electron chi connectivity index (χ0n) is 14.7. The fourth-order valence-corrected chi connectivity index (χ4v) is 3.71. The molecule has 8 heteroatoms. The monoisotopic (exact) mass is 418 g/mol. The normalized spacial score (nSPS) is 17.0. The van der Waals surface area contributed by atoms with E-state index < -0.39 is 0 Å². The van der Waals surface area contributed by atoms with Crippen LogP contribution in [0.5, 0.6) is 0 Å². The number of hydrogen-bond acceptors (Lipinski definition) is 6. The van der Waals surface area contributed by atoms with Gasteiger partial charge in [-0.05, 0) is 53.7 Å². The lowest BCUT2D eigenvalue weighted by Gasteiger charge is -2.36. The number of nitrogen functional groups attached to an aromatic ring is 1. The van der Waals surface area contributed by atoms with Crippen molar-refractivity contribution < 1.29 is 4.79 Å². The predicted octanol–water partition coefficient (Wildman–Crippen LogP) is 3.35. The van der Waals surface area contributed by atoms with Gasteiger partial charge in [-0.25, -0.2) is 9.97 Å². The van der Waals surface area contributed by atoms with Crippen molar-refractivity contribution >= 4 is 39.2 Å². The highest BCUT2D eigenvalue weighted by molar-refractivity contribution is 9.10. The van der Waals surface area contributed by atoms with Crippen LogP contribution >= 0.6 is 15.9 Å². The molecule has 2 heterocycles. The van der Waals surface area contributed by atoms with Gasteiger partial charge in [0, 0.05) is 17.1 Å². The average molecular weight is 419 g/mol. The first-order valence-electron chi connectivity index (χ1n) is 8.79. The van der Waals surface area contributed by atoms with E-state index >= 15 is 0 Å². The van der Waals surface area contributed by atoms with Crippen molar-refractivity contribution in [1.82, 2.24) is 15.4 Å². The molecule has 1 atom stereocenters. The number of nitrogens with two attached hydrogens (primary N) is 1. The van der Waals surface area contributed by atoms with Crippen molar-refractivity contribution in [3.05, 3.63) is 40.6 Å². The van der Waals surface area contributed by atoms with Crippen LogP contribution in [0.25, 0.3) is 0 Å². The van der Waals surface area contributed by atoms with Crippen LogP contribution in [-0.2, 0) is 0 Å².